The van der Waals surface area contributed by atoms with Crippen molar-refractivity contribution in [1.82, 2.24) is 10.2 Å². The second-order valence-corrected chi connectivity index (χ2v) is 10.9. The monoisotopic (exact) mass is 567 g/mol. The molecule has 0 spiro atoms. The normalized spacial score (nSPS) is 12.8. The zero-order valence-electron chi connectivity index (χ0n) is 21.3. The van der Waals surface area contributed by atoms with E-state index in [0.717, 1.165) is 10.5 Å². The third-order valence-corrected chi connectivity index (χ3v) is 7.93. The molecule has 0 saturated carbocycles. The summed E-state index contributed by atoms with van der Waals surface area (Å²) in [5.74, 6) is -0.633. The molecule has 0 radical (unpaired) electrons. The van der Waals surface area contributed by atoms with Crippen LogP contribution in [0.4, 0.5) is 5.69 Å². The largest absolute Gasteiger partial charge is 0.321 e. The van der Waals surface area contributed by atoms with E-state index in [4.69, 9.17) is 0 Å². The Morgan fingerprint density at radius 1 is 0.875 bits per heavy atom. The number of carbonyl (C=O) groups is 4. The SMILES string of the molecule is O=C(Nc1cccc(SCCCN2C(=O)c3ccccc3C2=O)c1)/C(=C\c1ccsc1)NC(=O)c1ccccc1. The molecular weight excluding hydrogens is 542 g/mol. The number of hydrogen-bond donors (Lipinski definition) is 2. The van der Waals surface area contributed by atoms with Crippen LogP contribution in [0.3, 0.4) is 0 Å². The summed E-state index contributed by atoms with van der Waals surface area (Å²) in [4.78, 5) is 53.3. The lowest BCUT2D eigenvalue weighted by Crippen LogP contribution is -2.31. The highest BCUT2D eigenvalue weighted by Gasteiger charge is 2.34. The van der Waals surface area contributed by atoms with Crippen molar-refractivity contribution in [3.05, 3.63) is 124 Å². The molecule has 9 heteroatoms. The molecule has 1 aromatic heterocycles. The number of amides is 4. The fraction of sp³-hybridized carbons (Fsp3) is 0.0968. The minimum Gasteiger partial charge on any atom is -0.321 e. The summed E-state index contributed by atoms with van der Waals surface area (Å²) in [5, 5.41) is 9.41. The predicted octanol–water partition coefficient (Wildman–Crippen LogP) is 5.94. The molecule has 40 heavy (non-hydrogen) atoms. The third-order valence-electron chi connectivity index (χ3n) is 6.15. The molecule has 200 valence electrons. The average molecular weight is 568 g/mol. The Morgan fingerprint density at radius 3 is 2.30 bits per heavy atom. The first kappa shape index (κ1) is 27.1. The van der Waals surface area contributed by atoms with Gasteiger partial charge in [-0.05, 0) is 83.1 Å². The summed E-state index contributed by atoms with van der Waals surface area (Å²) in [6.45, 7) is 0.341. The maximum atomic E-state index is 13.2. The molecule has 7 nitrogen and oxygen atoms in total. The van der Waals surface area contributed by atoms with E-state index in [2.05, 4.69) is 10.6 Å². The van der Waals surface area contributed by atoms with Gasteiger partial charge in [-0.1, -0.05) is 36.4 Å². The molecule has 3 aromatic carbocycles. The van der Waals surface area contributed by atoms with Crippen molar-refractivity contribution in [3.63, 3.8) is 0 Å². The molecule has 4 amide bonds. The second kappa shape index (κ2) is 12.6. The van der Waals surface area contributed by atoms with Crippen LogP contribution >= 0.6 is 23.1 Å². The number of imide groups is 1. The number of anilines is 1. The van der Waals surface area contributed by atoms with E-state index in [-0.39, 0.29) is 23.4 Å². The number of rotatable bonds is 10. The molecule has 1 aliphatic heterocycles. The van der Waals surface area contributed by atoms with Crippen LogP contribution in [0.5, 0.6) is 0 Å². The maximum absolute atomic E-state index is 13.2. The molecule has 0 unspecified atom stereocenters. The lowest BCUT2D eigenvalue weighted by molar-refractivity contribution is -0.113. The van der Waals surface area contributed by atoms with Crippen molar-refractivity contribution in [2.75, 3.05) is 17.6 Å². The van der Waals surface area contributed by atoms with Gasteiger partial charge in [-0.25, -0.2) is 0 Å². The number of nitrogens with one attached hydrogen (secondary N) is 2. The van der Waals surface area contributed by atoms with Crippen LogP contribution < -0.4 is 10.6 Å². The van der Waals surface area contributed by atoms with Gasteiger partial charge in [0.1, 0.15) is 5.70 Å². The van der Waals surface area contributed by atoms with Crippen LogP contribution in [0.2, 0.25) is 0 Å². The summed E-state index contributed by atoms with van der Waals surface area (Å²) in [6.07, 6.45) is 2.27. The molecule has 0 saturated heterocycles. The molecule has 0 atom stereocenters. The molecule has 2 N–H and O–H groups in total. The number of hydrogen-bond acceptors (Lipinski definition) is 6. The first-order valence-electron chi connectivity index (χ1n) is 12.6. The van der Waals surface area contributed by atoms with Crippen LogP contribution in [0.25, 0.3) is 6.08 Å². The van der Waals surface area contributed by atoms with Gasteiger partial charge in [0.15, 0.2) is 0 Å². The molecule has 0 aliphatic carbocycles. The summed E-state index contributed by atoms with van der Waals surface area (Å²) in [7, 11) is 0. The standard InChI is InChI=1S/C31H25N3O4S2/c35-28(22-8-2-1-3-9-22)33-27(18-21-14-17-39-20-21)29(36)32-23-10-6-11-24(19-23)40-16-7-15-34-30(37)25-12-4-5-13-26(25)31(34)38/h1-6,8-14,17-20H,7,15-16H2,(H,32,36)(H,33,35)/b27-18+. The van der Waals surface area contributed by atoms with Gasteiger partial charge in [0.2, 0.25) is 0 Å². The summed E-state index contributed by atoms with van der Waals surface area (Å²) in [5.41, 5.74) is 2.88. The van der Waals surface area contributed by atoms with Gasteiger partial charge in [-0.2, -0.15) is 11.3 Å². The summed E-state index contributed by atoms with van der Waals surface area (Å²) < 4.78 is 0. The quantitative estimate of drug-likeness (QED) is 0.107. The van der Waals surface area contributed by atoms with Gasteiger partial charge in [0.25, 0.3) is 23.6 Å². The van der Waals surface area contributed by atoms with Crippen molar-refractivity contribution in [3.8, 4) is 0 Å². The Labute approximate surface area is 239 Å². The lowest BCUT2D eigenvalue weighted by Gasteiger charge is -2.14. The zero-order chi connectivity index (χ0) is 27.9. The van der Waals surface area contributed by atoms with E-state index in [1.54, 1.807) is 72.4 Å². The van der Waals surface area contributed by atoms with Crippen molar-refractivity contribution in [2.45, 2.75) is 11.3 Å². The van der Waals surface area contributed by atoms with E-state index >= 15 is 0 Å². The van der Waals surface area contributed by atoms with Crippen LogP contribution in [0.15, 0.2) is 106 Å². The van der Waals surface area contributed by atoms with E-state index in [1.807, 2.05) is 41.1 Å². The predicted molar refractivity (Wildman–Crippen MR) is 158 cm³/mol. The van der Waals surface area contributed by atoms with E-state index in [1.165, 1.54) is 16.2 Å². The number of carbonyl (C=O) groups excluding carboxylic acids is 4. The highest BCUT2D eigenvalue weighted by atomic mass is 32.2. The fourth-order valence-corrected chi connectivity index (χ4v) is 5.70. The number of fused-ring (bicyclic) bond motifs is 1. The molecule has 4 aromatic rings. The smallest absolute Gasteiger partial charge is 0.272 e. The Hall–Kier alpha value is -4.47. The summed E-state index contributed by atoms with van der Waals surface area (Å²) in [6, 6.07) is 24.9. The van der Waals surface area contributed by atoms with E-state index in [9.17, 15) is 19.2 Å². The van der Waals surface area contributed by atoms with Crippen LogP contribution in [0, 0.1) is 0 Å². The first-order valence-corrected chi connectivity index (χ1v) is 14.5. The van der Waals surface area contributed by atoms with Gasteiger partial charge in [-0.3, -0.25) is 24.1 Å². The van der Waals surface area contributed by atoms with E-state index < -0.39 is 5.91 Å². The second-order valence-electron chi connectivity index (χ2n) is 8.93. The minimum atomic E-state index is -0.441. The molecule has 1 aliphatic rings. The summed E-state index contributed by atoms with van der Waals surface area (Å²) >= 11 is 3.06. The zero-order valence-corrected chi connectivity index (χ0v) is 23.0. The van der Waals surface area contributed by atoms with Crippen molar-refractivity contribution < 1.29 is 19.2 Å². The van der Waals surface area contributed by atoms with Gasteiger partial charge in [0, 0.05) is 22.7 Å². The Kier molecular flexibility index (Phi) is 8.53. The molecule has 0 bridgehead atoms. The molecule has 5 rings (SSSR count). The topological polar surface area (TPSA) is 95.6 Å². The van der Waals surface area contributed by atoms with Crippen molar-refractivity contribution in [2.24, 2.45) is 0 Å². The first-order chi connectivity index (χ1) is 19.5. The minimum absolute atomic E-state index is 0.131. The van der Waals surface area contributed by atoms with Crippen molar-refractivity contribution in [1.29, 1.82) is 0 Å². The fourth-order valence-electron chi connectivity index (χ4n) is 4.18. The molecular formula is C31H25N3O4S2. The molecule has 0 fully saturated rings. The average Bonchev–Trinajstić information content (AvgIpc) is 3.58. The Balaban J connectivity index is 1.19. The van der Waals surface area contributed by atoms with E-state index in [0.29, 0.717) is 41.1 Å². The third kappa shape index (κ3) is 6.39. The molecule has 2 heterocycles. The van der Waals surface area contributed by atoms with Crippen molar-refractivity contribution >= 4 is 58.5 Å². The number of nitrogens with zero attached hydrogens (tertiary/aromatic N) is 1. The van der Waals surface area contributed by atoms with Gasteiger partial charge in [-0.15, -0.1) is 11.8 Å². The highest BCUT2D eigenvalue weighted by molar-refractivity contribution is 7.99. The van der Waals surface area contributed by atoms with Crippen LogP contribution in [-0.4, -0.2) is 40.8 Å². The number of benzene rings is 3. The van der Waals surface area contributed by atoms with Gasteiger partial charge in [0.05, 0.1) is 11.1 Å². The number of thioether (sulfide) groups is 1. The Bertz CT molecular complexity index is 1550. The van der Waals surface area contributed by atoms with Gasteiger partial charge < -0.3 is 10.6 Å². The highest BCUT2D eigenvalue weighted by Crippen LogP contribution is 2.25. The van der Waals surface area contributed by atoms with Gasteiger partial charge >= 0.3 is 0 Å². The van der Waals surface area contributed by atoms with Crippen LogP contribution in [-0.2, 0) is 4.79 Å². The van der Waals surface area contributed by atoms with Crippen LogP contribution in [0.1, 0.15) is 43.1 Å². The number of thiophene rings is 1. The lowest BCUT2D eigenvalue weighted by atomic mass is 10.1. The maximum Gasteiger partial charge on any atom is 0.272 e. The Morgan fingerprint density at radius 2 is 1.60 bits per heavy atom.